The van der Waals surface area contributed by atoms with Gasteiger partial charge in [0.15, 0.2) is 0 Å². The highest BCUT2D eigenvalue weighted by Gasteiger charge is 2.35. The number of alkyl halides is 2. The number of piperidine rings is 1. The van der Waals surface area contributed by atoms with Crippen molar-refractivity contribution in [2.24, 2.45) is 5.92 Å². The standard InChI is InChI=1S/C24H29F2N5O2/c25-24(26)11-8-16(9-12-24)10-14-30-13-2-4-18(15-30)22-28-23(33)31(29-22)19-5-1-3-17-6-7-20(32)27-21(17)19/h1,3,5-7,16,18H,2,4,8-15H2,(H,27,32)(H,28,29,33)/t18-/m0/s1. The molecule has 3 aromatic rings. The Labute approximate surface area is 189 Å². The Balaban J connectivity index is 1.29. The lowest BCUT2D eigenvalue weighted by Gasteiger charge is -2.34. The highest BCUT2D eigenvalue weighted by molar-refractivity contribution is 5.85. The quantitative estimate of drug-likeness (QED) is 0.610. The van der Waals surface area contributed by atoms with Gasteiger partial charge in [0.2, 0.25) is 11.5 Å². The molecule has 5 rings (SSSR count). The minimum absolute atomic E-state index is 0.0123. The van der Waals surface area contributed by atoms with Crippen molar-refractivity contribution in [3.8, 4) is 5.69 Å². The van der Waals surface area contributed by atoms with Crippen LogP contribution in [0, 0.1) is 5.92 Å². The van der Waals surface area contributed by atoms with Crippen molar-refractivity contribution in [3.63, 3.8) is 0 Å². The van der Waals surface area contributed by atoms with E-state index >= 15 is 0 Å². The zero-order valence-electron chi connectivity index (χ0n) is 18.5. The van der Waals surface area contributed by atoms with Crippen molar-refractivity contribution < 1.29 is 8.78 Å². The average Bonchev–Trinajstić information content (AvgIpc) is 3.19. The predicted molar refractivity (Wildman–Crippen MR) is 122 cm³/mol. The van der Waals surface area contributed by atoms with Gasteiger partial charge in [-0.3, -0.25) is 9.78 Å². The van der Waals surface area contributed by atoms with Gasteiger partial charge in [-0.1, -0.05) is 12.1 Å². The van der Waals surface area contributed by atoms with Crippen LogP contribution in [-0.2, 0) is 0 Å². The fourth-order valence-electron chi connectivity index (χ4n) is 5.26. The summed E-state index contributed by atoms with van der Waals surface area (Å²) in [5.74, 6) is -1.35. The van der Waals surface area contributed by atoms with Gasteiger partial charge in [-0.05, 0) is 63.2 Å². The average molecular weight is 458 g/mol. The third kappa shape index (κ3) is 4.78. The Morgan fingerprint density at radius 2 is 1.88 bits per heavy atom. The Bertz CT molecular complexity index is 1240. The summed E-state index contributed by atoms with van der Waals surface area (Å²) in [4.78, 5) is 32.7. The molecule has 1 aromatic carbocycles. The summed E-state index contributed by atoms with van der Waals surface area (Å²) in [6.45, 7) is 2.67. The minimum atomic E-state index is -2.48. The van der Waals surface area contributed by atoms with E-state index in [1.165, 1.54) is 10.7 Å². The van der Waals surface area contributed by atoms with Crippen LogP contribution in [0.25, 0.3) is 16.6 Å². The van der Waals surface area contributed by atoms with E-state index in [0.717, 1.165) is 44.3 Å². The van der Waals surface area contributed by atoms with E-state index < -0.39 is 5.92 Å². The van der Waals surface area contributed by atoms with Crippen molar-refractivity contribution in [2.45, 2.75) is 56.8 Å². The summed E-state index contributed by atoms with van der Waals surface area (Å²) in [5, 5.41) is 5.43. The van der Waals surface area contributed by atoms with Crippen molar-refractivity contribution >= 4 is 10.9 Å². The van der Waals surface area contributed by atoms with E-state index in [1.807, 2.05) is 12.1 Å². The van der Waals surface area contributed by atoms with E-state index in [9.17, 15) is 18.4 Å². The smallest absolute Gasteiger partial charge is 0.320 e. The normalized spacial score (nSPS) is 22.1. The number of hydrogen-bond donors (Lipinski definition) is 2. The van der Waals surface area contributed by atoms with Crippen LogP contribution in [0.2, 0.25) is 0 Å². The number of fused-ring (bicyclic) bond motifs is 1. The Morgan fingerprint density at radius 1 is 1.06 bits per heavy atom. The molecule has 176 valence electrons. The molecule has 0 unspecified atom stereocenters. The molecule has 1 saturated heterocycles. The summed E-state index contributed by atoms with van der Waals surface area (Å²) < 4.78 is 28.1. The van der Waals surface area contributed by atoms with Crippen molar-refractivity contribution in [1.82, 2.24) is 24.6 Å². The molecule has 3 heterocycles. The number of para-hydroxylation sites is 1. The molecule has 33 heavy (non-hydrogen) atoms. The molecular weight excluding hydrogens is 428 g/mol. The van der Waals surface area contributed by atoms with Gasteiger partial charge < -0.3 is 9.88 Å². The largest absolute Gasteiger partial charge is 0.348 e. The van der Waals surface area contributed by atoms with Gasteiger partial charge in [-0.25, -0.2) is 13.6 Å². The predicted octanol–water partition coefficient (Wildman–Crippen LogP) is 3.80. The molecular formula is C24H29F2N5O2. The molecule has 0 amide bonds. The van der Waals surface area contributed by atoms with Crippen LogP contribution >= 0.6 is 0 Å². The van der Waals surface area contributed by atoms with E-state index in [1.54, 1.807) is 12.1 Å². The summed E-state index contributed by atoms with van der Waals surface area (Å²) in [5.41, 5.74) is 0.554. The SMILES string of the molecule is O=c1ccc2cccc(-n3nc([C@H]4CCCN(CCC5CCC(F)(F)CC5)C4)[nH]c3=O)c2[nH]1. The fraction of sp³-hybridized carbons (Fsp3) is 0.542. The summed E-state index contributed by atoms with van der Waals surface area (Å²) in [6, 6.07) is 8.66. The van der Waals surface area contributed by atoms with Crippen LogP contribution in [0.5, 0.6) is 0 Å². The fourth-order valence-corrected chi connectivity index (χ4v) is 5.26. The molecule has 1 aliphatic heterocycles. The number of halogens is 2. The molecule has 0 radical (unpaired) electrons. The van der Waals surface area contributed by atoms with Gasteiger partial charge in [-0.2, -0.15) is 4.68 Å². The van der Waals surface area contributed by atoms with Crippen LogP contribution < -0.4 is 11.2 Å². The topological polar surface area (TPSA) is 86.8 Å². The van der Waals surface area contributed by atoms with Crippen LogP contribution in [0.15, 0.2) is 39.9 Å². The highest BCUT2D eigenvalue weighted by atomic mass is 19.3. The van der Waals surface area contributed by atoms with Crippen LogP contribution in [0.3, 0.4) is 0 Å². The van der Waals surface area contributed by atoms with Crippen LogP contribution in [-0.4, -0.2) is 50.2 Å². The van der Waals surface area contributed by atoms with Gasteiger partial charge in [0.1, 0.15) is 5.82 Å². The first kappa shape index (κ1) is 22.0. The molecule has 0 spiro atoms. The van der Waals surface area contributed by atoms with Crippen LogP contribution in [0.4, 0.5) is 8.78 Å². The molecule has 2 fully saturated rings. The number of rotatable bonds is 5. The third-order valence-corrected chi connectivity index (χ3v) is 7.18. The Kier molecular flexibility index (Phi) is 5.90. The first-order chi connectivity index (χ1) is 15.9. The number of aromatic amines is 2. The lowest BCUT2D eigenvalue weighted by Crippen LogP contribution is -2.36. The van der Waals surface area contributed by atoms with E-state index in [0.29, 0.717) is 35.8 Å². The van der Waals surface area contributed by atoms with Gasteiger partial charge >= 0.3 is 5.69 Å². The highest BCUT2D eigenvalue weighted by Crippen LogP contribution is 2.37. The molecule has 2 N–H and O–H groups in total. The Morgan fingerprint density at radius 3 is 2.70 bits per heavy atom. The molecule has 1 saturated carbocycles. The number of hydrogen-bond acceptors (Lipinski definition) is 4. The lowest BCUT2D eigenvalue weighted by atomic mass is 9.84. The molecule has 9 heteroatoms. The number of nitrogens with one attached hydrogen (secondary N) is 2. The molecule has 1 aliphatic carbocycles. The van der Waals surface area contributed by atoms with Gasteiger partial charge in [-0.15, -0.1) is 5.10 Å². The van der Waals surface area contributed by atoms with E-state index in [-0.39, 0.29) is 30.0 Å². The zero-order chi connectivity index (χ0) is 23.0. The zero-order valence-corrected chi connectivity index (χ0v) is 18.5. The van der Waals surface area contributed by atoms with Crippen molar-refractivity contribution in [3.05, 3.63) is 57.0 Å². The minimum Gasteiger partial charge on any atom is -0.320 e. The number of aromatic nitrogens is 4. The van der Waals surface area contributed by atoms with Crippen LogP contribution in [0.1, 0.15) is 56.7 Å². The first-order valence-electron chi connectivity index (χ1n) is 11.8. The first-order valence-corrected chi connectivity index (χ1v) is 11.8. The molecule has 7 nitrogen and oxygen atoms in total. The summed E-state index contributed by atoms with van der Waals surface area (Å²) in [7, 11) is 0. The molecule has 2 aromatic heterocycles. The number of benzene rings is 1. The van der Waals surface area contributed by atoms with Gasteiger partial charge in [0.25, 0.3) is 0 Å². The number of likely N-dealkylation sites (tertiary alicyclic amines) is 1. The second-order valence-corrected chi connectivity index (χ2v) is 9.52. The second kappa shape index (κ2) is 8.85. The third-order valence-electron chi connectivity index (χ3n) is 7.18. The van der Waals surface area contributed by atoms with Crippen molar-refractivity contribution in [1.29, 1.82) is 0 Å². The van der Waals surface area contributed by atoms with Gasteiger partial charge in [0.05, 0.1) is 11.2 Å². The molecule has 0 bridgehead atoms. The molecule has 2 aliphatic rings. The Hall–Kier alpha value is -2.81. The summed E-state index contributed by atoms with van der Waals surface area (Å²) >= 11 is 0. The number of pyridine rings is 1. The van der Waals surface area contributed by atoms with E-state index in [4.69, 9.17) is 0 Å². The summed E-state index contributed by atoms with van der Waals surface area (Å²) in [6.07, 6.45) is 4.12. The monoisotopic (exact) mass is 457 g/mol. The maximum atomic E-state index is 13.4. The maximum Gasteiger partial charge on any atom is 0.348 e. The maximum absolute atomic E-state index is 13.4. The number of nitrogens with zero attached hydrogens (tertiary/aromatic N) is 3. The molecule has 1 atom stereocenters. The van der Waals surface area contributed by atoms with Gasteiger partial charge in [0, 0.05) is 36.8 Å². The second-order valence-electron chi connectivity index (χ2n) is 9.52. The van der Waals surface area contributed by atoms with E-state index in [2.05, 4.69) is 20.0 Å². The lowest BCUT2D eigenvalue weighted by molar-refractivity contribution is -0.0473. The number of H-pyrrole nitrogens is 2. The van der Waals surface area contributed by atoms with Crippen molar-refractivity contribution in [2.75, 3.05) is 19.6 Å².